The summed E-state index contributed by atoms with van der Waals surface area (Å²) in [5, 5.41) is 22.6. The molecule has 0 aliphatic carbocycles. The molecule has 2 aliphatic rings. The smallest absolute Gasteiger partial charge is 0.258 e. The van der Waals surface area contributed by atoms with Gasteiger partial charge in [0.05, 0.1) is 23.2 Å². The van der Waals surface area contributed by atoms with Crippen LogP contribution >= 0.6 is 0 Å². The van der Waals surface area contributed by atoms with Gasteiger partial charge in [-0.05, 0) is 42.8 Å². The summed E-state index contributed by atoms with van der Waals surface area (Å²) in [7, 11) is 1.77. The fourth-order valence-corrected chi connectivity index (χ4v) is 4.53. The number of nitrogens with zero attached hydrogens (tertiary/aromatic N) is 5. The van der Waals surface area contributed by atoms with Crippen molar-refractivity contribution in [2.45, 2.75) is 43.6 Å². The van der Waals surface area contributed by atoms with Crippen molar-refractivity contribution in [2.24, 2.45) is 6.98 Å². The van der Waals surface area contributed by atoms with Crippen LogP contribution in [0.5, 0.6) is 5.75 Å². The second-order valence-corrected chi connectivity index (χ2v) is 7.99. The largest absolute Gasteiger partial charge is 0.507 e. The van der Waals surface area contributed by atoms with E-state index in [9.17, 15) is 14.3 Å². The first-order valence-electron chi connectivity index (χ1n) is 11.4. The summed E-state index contributed by atoms with van der Waals surface area (Å²) >= 11 is 0. The first kappa shape index (κ1) is 15.7. The van der Waals surface area contributed by atoms with Crippen molar-refractivity contribution in [3.8, 4) is 17.1 Å². The molecule has 9 heteroatoms. The highest BCUT2D eigenvalue weighted by molar-refractivity contribution is 5.88. The van der Waals surface area contributed by atoms with Gasteiger partial charge >= 0.3 is 0 Å². The number of aromatic hydroxyl groups is 1. The zero-order valence-corrected chi connectivity index (χ0v) is 16.3. The van der Waals surface area contributed by atoms with Gasteiger partial charge in [-0.25, -0.2) is 9.37 Å². The summed E-state index contributed by atoms with van der Waals surface area (Å²) in [5.74, 6) is 0.284. The second kappa shape index (κ2) is 7.02. The lowest BCUT2D eigenvalue weighted by molar-refractivity contribution is 0.176. The molecule has 8 nitrogen and oxygen atoms in total. The van der Waals surface area contributed by atoms with E-state index in [0.717, 1.165) is 12.8 Å². The van der Waals surface area contributed by atoms with Gasteiger partial charge in [-0.15, -0.1) is 10.2 Å². The molecule has 5 rings (SSSR count). The van der Waals surface area contributed by atoms with E-state index in [4.69, 9.17) is 4.11 Å². The Kier molecular flexibility index (Phi) is 3.68. The molecule has 1 aromatic carbocycles. The summed E-state index contributed by atoms with van der Waals surface area (Å²) in [6, 6.07) is 4.05. The van der Waals surface area contributed by atoms with Crippen molar-refractivity contribution < 1.29 is 13.6 Å². The lowest BCUT2D eigenvalue weighted by Crippen LogP contribution is -2.55. The number of benzene rings is 1. The minimum absolute atomic E-state index is 0.0636. The maximum Gasteiger partial charge on any atom is 0.258 e. The summed E-state index contributed by atoms with van der Waals surface area (Å²) in [4.78, 5) is 18.6. The van der Waals surface area contributed by atoms with Gasteiger partial charge in [-0.2, -0.15) is 0 Å². The standard InChI is InChI=1S/C21H23FN6O2/c1-27-6-5-11-7-14(17(29)9-13(11)21(27)30)20-23-10-18(25-26-20)28(2)16-8-12-3-4-15(24-12)19(16)22/h5-7,9-10,12,15-16,19,24,29H,3-4,8H2,1-2H3/t12?,15?,16-,19+/m0/s1/i1D3. The molecule has 4 heterocycles. The lowest BCUT2D eigenvalue weighted by atomic mass is 9.96. The second-order valence-electron chi connectivity index (χ2n) is 7.99. The maximum atomic E-state index is 14.9. The minimum atomic E-state index is -2.62. The Labute approximate surface area is 176 Å². The van der Waals surface area contributed by atoms with E-state index in [2.05, 4.69) is 20.5 Å². The highest BCUT2D eigenvalue weighted by Gasteiger charge is 2.43. The number of nitrogens with one attached hydrogen (secondary N) is 1. The van der Waals surface area contributed by atoms with E-state index < -0.39 is 18.7 Å². The highest BCUT2D eigenvalue weighted by atomic mass is 19.1. The molecule has 3 aromatic rings. The molecule has 2 bridgehead atoms. The Hall–Kier alpha value is -3.07. The summed E-state index contributed by atoms with van der Waals surface area (Å²) in [6.45, 7) is -2.62. The average molecular weight is 413 g/mol. The van der Waals surface area contributed by atoms with Crippen molar-refractivity contribution in [2.75, 3.05) is 11.9 Å². The van der Waals surface area contributed by atoms with E-state index in [0.29, 0.717) is 28.2 Å². The molecule has 2 N–H and O–H groups in total. The molecule has 30 heavy (non-hydrogen) atoms. The van der Waals surface area contributed by atoms with Crippen molar-refractivity contribution in [1.82, 2.24) is 25.1 Å². The normalized spacial score (nSPS) is 27.5. The number of piperidine rings is 1. The predicted molar refractivity (Wildman–Crippen MR) is 111 cm³/mol. The number of aromatic nitrogens is 4. The van der Waals surface area contributed by atoms with Crippen LogP contribution in [0.25, 0.3) is 22.2 Å². The van der Waals surface area contributed by atoms with Gasteiger partial charge in [0.1, 0.15) is 11.9 Å². The van der Waals surface area contributed by atoms with Gasteiger partial charge in [0, 0.05) is 36.4 Å². The SMILES string of the molecule is [2H]C([2H])([2H])n1ccc2cc(-c3ncc(N(C)[C@H]4CC5CCC(N5)[C@H]4F)nn3)c(O)cc2c1=O. The number of phenols is 1. The zero-order valence-electron chi connectivity index (χ0n) is 19.3. The quantitative estimate of drug-likeness (QED) is 0.675. The first-order valence-corrected chi connectivity index (χ1v) is 9.85. The number of phenolic OH excluding ortho intramolecular Hbond substituents is 1. The molecule has 156 valence electrons. The Morgan fingerprint density at radius 2 is 2.23 bits per heavy atom. The lowest BCUT2D eigenvalue weighted by Gasteiger charge is -2.38. The molecule has 2 saturated heterocycles. The van der Waals surface area contributed by atoms with Crippen LogP contribution in [0.15, 0.2) is 35.4 Å². The van der Waals surface area contributed by atoms with E-state index in [-0.39, 0.29) is 34.6 Å². The van der Waals surface area contributed by atoms with E-state index in [1.807, 2.05) is 0 Å². The van der Waals surface area contributed by atoms with Gasteiger partial charge in [-0.3, -0.25) is 4.79 Å². The van der Waals surface area contributed by atoms with Crippen molar-refractivity contribution in [3.63, 3.8) is 0 Å². The van der Waals surface area contributed by atoms with Crippen LogP contribution in [0.1, 0.15) is 23.4 Å². The molecule has 2 aliphatic heterocycles. The number of halogens is 1. The molecule has 2 aromatic heterocycles. The summed E-state index contributed by atoms with van der Waals surface area (Å²) < 4.78 is 37.9. The Balaban J connectivity index is 1.45. The Bertz CT molecular complexity index is 1270. The average Bonchev–Trinajstić information content (AvgIpc) is 3.19. The number of hydrogen-bond donors (Lipinski definition) is 2. The molecule has 0 saturated carbocycles. The van der Waals surface area contributed by atoms with Gasteiger partial charge in [-0.1, -0.05) is 0 Å². The Morgan fingerprint density at radius 1 is 1.37 bits per heavy atom. The molecule has 0 amide bonds. The molecule has 2 unspecified atom stereocenters. The predicted octanol–water partition coefficient (Wildman–Crippen LogP) is 1.76. The summed E-state index contributed by atoms with van der Waals surface area (Å²) in [6.07, 6.45) is 4.13. The third-order valence-corrected chi connectivity index (χ3v) is 6.22. The number of aryl methyl sites for hydroxylation is 1. The number of hydrogen-bond acceptors (Lipinski definition) is 7. The summed E-state index contributed by atoms with van der Waals surface area (Å²) in [5.41, 5.74) is -0.486. The van der Waals surface area contributed by atoms with E-state index in [1.165, 1.54) is 30.6 Å². The van der Waals surface area contributed by atoms with Crippen LogP contribution in [0.3, 0.4) is 0 Å². The highest BCUT2D eigenvalue weighted by Crippen LogP contribution is 2.34. The number of rotatable bonds is 3. The molecular formula is C21H23FN6O2. The van der Waals surface area contributed by atoms with Gasteiger partial charge in [0.2, 0.25) is 0 Å². The van der Waals surface area contributed by atoms with Crippen molar-refractivity contribution in [3.05, 3.63) is 40.9 Å². The zero-order chi connectivity index (χ0) is 23.5. The van der Waals surface area contributed by atoms with E-state index >= 15 is 0 Å². The first-order chi connectivity index (χ1) is 15.6. The van der Waals surface area contributed by atoms with Crippen LogP contribution in [-0.2, 0) is 6.98 Å². The van der Waals surface area contributed by atoms with Gasteiger partial charge < -0.3 is 19.9 Å². The van der Waals surface area contributed by atoms with Crippen LogP contribution < -0.4 is 15.8 Å². The number of pyridine rings is 1. The molecule has 0 spiro atoms. The van der Waals surface area contributed by atoms with Crippen molar-refractivity contribution >= 4 is 16.6 Å². The number of fused-ring (bicyclic) bond motifs is 3. The van der Waals surface area contributed by atoms with Gasteiger partial charge in [0.25, 0.3) is 5.56 Å². The topological polar surface area (TPSA) is 96.2 Å². The molecule has 4 atom stereocenters. The van der Waals surface area contributed by atoms with Crippen LogP contribution in [0.2, 0.25) is 0 Å². The number of alkyl halides is 1. The third-order valence-electron chi connectivity index (χ3n) is 6.22. The van der Waals surface area contributed by atoms with Crippen LogP contribution in [-0.4, -0.2) is 56.2 Å². The Morgan fingerprint density at radius 3 is 3.00 bits per heavy atom. The fraction of sp³-hybridized carbons (Fsp3) is 0.429. The molecular weight excluding hydrogens is 387 g/mol. The maximum absolute atomic E-state index is 14.9. The van der Waals surface area contributed by atoms with Crippen LogP contribution in [0.4, 0.5) is 10.2 Å². The third kappa shape index (κ3) is 3.00. The van der Waals surface area contributed by atoms with Crippen LogP contribution in [0, 0.1) is 0 Å². The number of anilines is 1. The fourth-order valence-electron chi connectivity index (χ4n) is 4.53. The van der Waals surface area contributed by atoms with E-state index in [1.54, 1.807) is 11.9 Å². The minimum Gasteiger partial charge on any atom is -0.507 e. The van der Waals surface area contributed by atoms with Gasteiger partial charge in [0.15, 0.2) is 11.6 Å². The van der Waals surface area contributed by atoms with Crippen molar-refractivity contribution in [1.29, 1.82) is 0 Å². The molecule has 2 fully saturated rings. The monoisotopic (exact) mass is 413 g/mol. The molecule has 0 radical (unpaired) electrons.